The average molecular weight is 319 g/mol. The third-order valence-electron chi connectivity index (χ3n) is 2.37. The molecule has 1 amide bonds. The Morgan fingerprint density at radius 1 is 1.29 bits per heavy atom. The van der Waals surface area contributed by atoms with Crippen LogP contribution in [0.25, 0.3) is 0 Å². The summed E-state index contributed by atoms with van der Waals surface area (Å²) in [6, 6.07) is 4.89. The molecule has 0 bridgehead atoms. The second-order valence-electron chi connectivity index (χ2n) is 4.37. The van der Waals surface area contributed by atoms with Crippen LogP contribution in [0.2, 0.25) is 0 Å². The highest BCUT2D eigenvalue weighted by Crippen LogP contribution is 2.30. The first-order chi connectivity index (χ1) is 9.40. The smallest absolute Gasteiger partial charge is 0.334 e. The Labute approximate surface area is 119 Å². The van der Waals surface area contributed by atoms with Crippen molar-refractivity contribution in [3.8, 4) is 6.07 Å². The standard InChI is InChI=1S/C12H10F3N2O3S/c1-11(2,7-16)17-10(18)8-3-5-9(6-4-8)21(19,20)12(13,14)15/h3-6H,1H2,2H3,(H,17,18). The lowest BCUT2D eigenvalue weighted by Gasteiger charge is -2.17. The number of nitrogens with zero attached hydrogens (tertiary/aromatic N) is 1. The number of carbonyl (C=O) groups excluding carboxylic acids is 1. The minimum absolute atomic E-state index is 0.0961. The van der Waals surface area contributed by atoms with Gasteiger partial charge in [0.25, 0.3) is 15.7 Å². The second kappa shape index (κ2) is 5.37. The molecule has 1 unspecified atom stereocenters. The molecule has 9 heteroatoms. The normalized spacial score (nSPS) is 12.6. The SMILES string of the molecule is [CH2]C(C)(C#N)NC(=O)c1ccc(S(=O)(=O)C(F)(F)F)cc1. The fourth-order valence-electron chi connectivity index (χ4n) is 1.27. The summed E-state index contributed by atoms with van der Waals surface area (Å²) >= 11 is 0. The van der Waals surface area contributed by atoms with Gasteiger partial charge in [-0.1, -0.05) is 0 Å². The number of alkyl halides is 3. The van der Waals surface area contributed by atoms with Crippen molar-refractivity contribution in [3.63, 3.8) is 0 Å². The van der Waals surface area contributed by atoms with Crippen molar-refractivity contribution < 1.29 is 26.4 Å². The summed E-state index contributed by atoms with van der Waals surface area (Å²) in [6.45, 7) is 4.73. The summed E-state index contributed by atoms with van der Waals surface area (Å²) in [5, 5.41) is 10.9. The number of benzene rings is 1. The molecule has 1 atom stereocenters. The van der Waals surface area contributed by atoms with Crippen LogP contribution in [0.5, 0.6) is 0 Å². The van der Waals surface area contributed by atoms with E-state index in [-0.39, 0.29) is 5.56 Å². The molecule has 21 heavy (non-hydrogen) atoms. The molecule has 0 heterocycles. The van der Waals surface area contributed by atoms with Crippen LogP contribution in [0, 0.1) is 18.3 Å². The van der Waals surface area contributed by atoms with Crippen LogP contribution in [0.15, 0.2) is 29.2 Å². The molecular formula is C12H10F3N2O3S. The van der Waals surface area contributed by atoms with E-state index in [0.717, 1.165) is 12.1 Å². The number of carbonyl (C=O) groups is 1. The maximum Gasteiger partial charge on any atom is 0.501 e. The first kappa shape index (κ1) is 17.0. The van der Waals surface area contributed by atoms with Gasteiger partial charge in [0.1, 0.15) is 5.54 Å². The van der Waals surface area contributed by atoms with Crippen LogP contribution < -0.4 is 5.32 Å². The molecule has 0 aliphatic heterocycles. The van der Waals surface area contributed by atoms with Crippen molar-refractivity contribution in [2.24, 2.45) is 0 Å². The van der Waals surface area contributed by atoms with Gasteiger partial charge in [0.15, 0.2) is 0 Å². The first-order valence-electron chi connectivity index (χ1n) is 5.41. The highest BCUT2D eigenvalue weighted by molar-refractivity contribution is 7.92. The van der Waals surface area contributed by atoms with Crippen LogP contribution in [-0.2, 0) is 9.84 Å². The fraction of sp³-hybridized carbons (Fsp3) is 0.250. The molecule has 0 saturated heterocycles. The first-order valence-corrected chi connectivity index (χ1v) is 6.89. The number of nitriles is 1. The molecule has 5 nitrogen and oxygen atoms in total. The molecule has 1 aromatic carbocycles. The van der Waals surface area contributed by atoms with Crippen LogP contribution in [0.4, 0.5) is 13.2 Å². The third kappa shape index (κ3) is 3.72. The zero-order valence-corrected chi connectivity index (χ0v) is 11.5. The Balaban J connectivity index is 3.05. The molecule has 0 fully saturated rings. The number of amides is 1. The summed E-state index contributed by atoms with van der Waals surface area (Å²) < 4.78 is 59.3. The van der Waals surface area contributed by atoms with Gasteiger partial charge in [-0.2, -0.15) is 18.4 Å². The second-order valence-corrected chi connectivity index (χ2v) is 6.31. The molecule has 1 radical (unpaired) electrons. The predicted octanol–water partition coefficient (Wildman–Crippen LogP) is 1.83. The highest BCUT2D eigenvalue weighted by Gasteiger charge is 2.46. The number of sulfone groups is 1. The van der Waals surface area contributed by atoms with Crippen molar-refractivity contribution in [2.75, 3.05) is 0 Å². The summed E-state index contributed by atoms with van der Waals surface area (Å²) in [7, 11) is -5.46. The van der Waals surface area contributed by atoms with Crippen LogP contribution in [0.1, 0.15) is 17.3 Å². The maximum atomic E-state index is 12.3. The van der Waals surface area contributed by atoms with Crippen molar-refractivity contribution in [2.45, 2.75) is 22.9 Å². The van der Waals surface area contributed by atoms with E-state index in [9.17, 15) is 26.4 Å². The van der Waals surface area contributed by atoms with E-state index in [1.165, 1.54) is 6.92 Å². The molecular weight excluding hydrogens is 309 g/mol. The Morgan fingerprint density at radius 2 is 1.76 bits per heavy atom. The summed E-state index contributed by atoms with van der Waals surface area (Å²) in [4.78, 5) is 10.7. The number of halogens is 3. The molecule has 113 valence electrons. The van der Waals surface area contributed by atoms with E-state index in [1.807, 2.05) is 0 Å². The summed E-state index contributed by atoms with van der Waals surface area (Å²) in [6.07, 6.45) is 0. The van der Waals surface area contributed by atoms with E-state index in [1.54, 1.807) is 6.07 Å². The Hall–Kier alpha value is -2.08. The van der Waals surface area contributed by atoms with Crippen LogP contribution in [0.3, 0.4) is 0 Å². The largest absolute Gasteiger partial charge is 0.501 e. The van der Waals surface area contributed by atoms with Gasteiger partial charge in [0.2, 0.25) is 0 Å². The van der Waals surface area contributed by atoms with E-state index < -0.39 is 31.7 Å². The van der Waals surface area contributed by atoms with Gasteiger partial charge in [0.05, 0.1) is 11.0 Å². The molecule has 1 N–H and O–H groups in total. The monoisotopic (exact) mass is 319 g/mol. The maximum absolute atomic E-state index is 12.3. The molecule has 0 aromatic heterocycles. The third-order valence-corrected chi connectivity index (χ3v) is 3.87. The quantitative estimate of drug-likeness (QED) is 0.920. The molecule has 1 rings (SSSR count). The van der Waals surface area contributed by atoms with Gasteiger partial charge >= 0.3 is 5.51 Å². The number of nitrogens with one attached hydrogen (secondary N) is 1. The van der Waals surface area contributed by atoms with Gasteiger partial charge in [-0.3, -0.25) is 4.79 Å². The van der Waals surface area contributed by atoms with E-state index in [2.05, 4.69) is 12.2 Å². The van der Waals surface area contributed by atoms with Gasteiger partial charge < -0.3 is 5.32 Å². The number of hydrogen-bond donors (Lipinski definition) is 1. The van der Waals surface area contributed by atoms with E-state index >= 15 is 0 Å². The zero-order chi connectivity index (χ0) is 16.5. The van der Waals surface area contributed by atoms with Crippen molar-refractivity contribution >= 4 is 15.7 Å². The van der Waals surface area contributed by atoms with Gasteiger partial charge in [-0.15, -0.1) is 0 Å². The van der Waals surface area contributed by atoms with Gasteiger partial charge in [-0.25, -0.2) is 8.42 Å². The minimum atomic E-state index is -5.46. The molecule has 0 saturated carbocycles. The van der Waals surface area contributed by atoms with Crippen LogP contribution >= 0.6 is 0 Å². The van der Waals surface area contributed by atoms with Crippen molar-refractivity contribution in [1.29, 1.82) is 5.26 Å². The lowest BCUT2D eigenvalue weighted by Crippen LogP contribution is -2.42. The highest BCUT2D eigenvalue weighted by atomic mass is 32.2. The predicted molar refractivity (Wildman–Crippen MR) is 66.5 cm³/mol. The molecule has 0 spiro atoms. The van der Waals surface area contributed by atoms with Crippen LogP contribution in [-0.4, -0.2) is 25.4 Å². The molecule has 0 aliphatic rings. The Bertz CT molecular complexity index is 686. The van der Waals surface area contributed by atoms with E-state index in [0.29, 0.717) is 12.1 Å². The van der Waals surface area contributed by atoms with Crippen molar-refractivity contribution in [1.82, 2.24) is 5.32 Å². The molecule has 0 aliphatic carbocycles. The number of hydrogen-bond acceptors (Lipinski definition) is 4. The van der Waals surface area contributed by atoms with Crippen molar-refractivity contribution in [3.05, 3.63) is 36.8 Å². The Kier molecular flexibility index (Phi) is 4.34. The number of rotatable bonds is 3. The molecule has 1 aromatic rings. The topological polar surface area (TPSA) is 87.0 Å². The summed E-state index contributed by atoms with van der Waals surface area (Å²) in [5.41, 5.74) is -6.92. The van der Waals surface area contributed by atoms with Gasteiger partial charge in [0, 0.05) is 5.56 Å². The zero-order valence-electron chi connectivity index (χ0n) is 10.7. The van der Waals surface area contributed by atoms with E-state index in [4.69, 9.17) is 5.26 Å². The van der Waals surface area contributed by atoms with Gasteiger partial charge in [-0.05, 0) is 38.1 Å². The lowest BCUT2D eigenvalue weighted by molar-refractivity contribution is -0.0436. The average Bonchev–Trinajstić information content (AvgIpc) is 2.37. The Morgan fingerprint density at radius 3 is 2.14 bits per heavy atom. The lowest BCUT2D eigenvalue weighted by atomic mass is 10.1. The summed E-state index contributed by atoms with van der Waals surface area (Å²) in [5.74, 6) is -0.759. The minimum Gasteiger partial charge on any atom is -0.334 e. The fourth-order valence-corrected chi connectivity index (χ4v) is 2.03.